The lowest BCUT2D eigenvalue weighted by Crippen LogP contribution is -2.61. The van der Waals surface area contributed by atoms with Gasteiger partial charge in [-0.1, -0.05) is 86.1 Å². The number of aryl methyl sites for hydroxylation is 1. The minimum absolute atomic E-state index is 0.0143. The molecular weight excluding hydrogens is 1610 g/mol. The number of esters is 1. The van der Waals surface area contributed by atoms with E-state index in [4.69, 9.17) is 86.5 Å². The van der Waals surface area contributed by atoms with Crippen LogP contribution < -0.4 is 31.7 Å². The van der Waals surface area contributed by atoms with Gasteiger partial charge < -0.3 is 132 Å². The number of hydrogen-bond donors (Lipinski definition) is 9. The number of amides is 4. The highest BCUT2D eigenvalue weighted by Gasteiger charge is 2.48. The number of quaternary nitrogens is 1. The Bertz CT molecular complexity index is 4380. The number of alkyl carbamates (subject to hydrolysis) is 1. The molecule has 0 bridgehead atoms. The highest BCUT2D eigenvalue weighted by molar-refractivity contribution is 6.08. The highest BCUT2D eigenvalue weighted by atomic mass is 16.7. The topological polar surface area (TPSA) is 436 Å². The van der Waals surface area contributed by atoms with Crippen LogP contribution in [-0.2, 0) is 116 Å². The number of aliphatic carboxylic acids is 1. The molecule has 1 fully saturated rings. The second-order valence-electron chi connectivity index (χ2n) is 30.3. The first-order valence-electron chi connectivity index (χ1n) is 42.3. The number of carboxylic acid groups (broad SMARTS) is 1. The van der Waals surface area contributed by atoms with Crippen molar-refractivity contribution >= 4 is 69.2 Å². The molecule has 1 saturated heterocycles. The number of benzene rings is 5. The van der Waals surface area contributed by atoms with Gasteiger partial charge in [0, 0.05) is 68.4 Å². The highest BCUT2D eigenvalue weighted by Crippen LogP contribution is 2.45. The number of unbranched alkanes of at least 4 members (excludes halogenated alkanes) is 2. The molecule has 10 N–H and O–H groups in total. The van der Waals surface area contributed by atoms with E-state index in [1.54, 1.807) is 31.4 Å². The van der Waals surface area contributed by atoms with E-state index in [-0.39, 0.29) is 81.3 Å². The number of nitrogen functional groups attached to an aromatic ring is 1. The van der Waals surface area contributed by atoms with Gasteiger partial charge in [-0.15, -0.1) is 0 Å². The van der Waals surface area contributed by atoms with Crippen LogP contribution in [0.25, 0.3) is 33.1 Å². The van der Waals surface area contributed by atoms with E-state index < -0.39 is 66.6 Å². The van der Waals surface area contributed by atoms with E-state index in [1.807, 2.05) is 68.7 Å². The van der Waals surface area contributed by atoms with E-state index in [0.717, 1.165) is 62.9 Å². The number of imidazole rings is 1. The van der Waals surface area contributed by atoms with Crippen molar-refractivity contribution in [1.29, 1.82) is 0 Å². The number of ether oxygens (including phenoxy) is 16. The van der Waals surface area contributed by atoms with Crippen LogP contribution in [0.1, 0.15) is 102 Å². The Hall–Kier alpha value is -9.48. The summed E-state index contributed by atoms with van der Waals surface area (Å²) in [6.07, 6.45) is -7.21. The number of nitrogens with one attached hydrogen (secondary N) is 4. The Labute approximate surface area is 722 Å². The largest absolute Gasteiger partial charge is 0.479 e. The Balaban J connectivity index is 0.693. The number of carboxylic acids is 1. The van der Waals surface area contributed by atoms with Crippen LogP contribution in [0.2, 0.25) is 0 Å². The predicted octanol–water partition coefficient (Wildman–Crippen LogP) is 6.25. The second kappa shape index (κ2) is 53.8. The minimum Gasteiger partial charge on any atom is -0.479 e. The third kappa shape index (κ3) is 32.2. The zero-order valence-corrected chi connectivity index (χ0v) is 71.7. The summed E-state index contributed by atoms with van der Waals surface area (Å²) in [5.74, 6) is -2.79. The number of anilines is 2. The summed E-state index contributed by atoms with van der Waals surface area (Å²) in [7, 11) is 7.02. The molecule has 7 aromatic rings. The van der Waals surface area contributed by atoms with Gasteiger partial charge in [0.1, 0.15) is 61.1 Å². The van der Waals surface area contributed by atoms with Crippen molar-refractivity contribution in [3.63, 3.8) is 0 Å². The van der Waals surface area contributed by atoms with Gasteiger partial charge in [-0.3, -0.25) is 14.4 Å². The zero-order chi connectivity index (χ0) is 88.3. The first kappa shape index (κ1) is 98.3. The van der Waals surface area contributed by atoms with Crippen LogP contribution in [0.5, 0.6) is 5.75 Å². The van der Waals surface area contributed by atoms with Crippen LogP contribution in [0.4, 0.5) is 16.3 Å². The molecule has 35 nitrogen and oxygen atoms in total. The number of nitrogens with two attached hydrogens (primary N) is 1. The normalized spacial score (nSPS) is 16.0. The average Bonchev–Trinajstić information content (AvgIpc) is 1.59. The molecule has 1 aliphatic carbocycles. The SMILES string of the molecule is CCCCc1nc2c(N)nc3cc(C(=O)OC)ccc3c2n1Cc1ccc(C[N+](C)(C)Cc2ccc(O[C@@H]3O[C@H](C(=O)O)[C@@H](O)[C@H](O)[C@H]3O)c(NC(=O)CCNC(=O)[C@H](CCCCNC(=O)CCOCCOCCOCCOCCOCCOCCOCCOCCOCCOCCOCCOC)NC(=O)OCC3c4ccccc4-c4ccccc43)c2)cc1. The molecule has 0 spiro atoms. The van der Waals surface area contributed by atoms with Gasteiger partial charge in [-0.2, -0.15) is 0 Å². The lowest BCUT2D eigenvalue weighted by molar-refractivity contribution is -0.916. The van der Waals surface area contributed by atoms with Crippen molar-refractivity contribution in [2.75, 3.05) is 211 Å². The number of methoxy groups -OCH3 is 2. The molecule has 6 atom stereocenters. The number of fused-ring (bicyclic) bond motifs is 6. The van der Waals surface area contributed by atoms with Crippen LogP contribution >= 0.6 is 0 Å². The number of aliphatic hydroxyl groups is 3. The number of carbonyl (C=O) groups is 6. The van der Waals surface area contributed by atoms with Gasteiger partial charge in [0.05, 0.1) is 195 Å². The van der Waals surface area contributed by atoms with Gasteiger partial charge in [0.15, 0.2) is 11.9 Å². The first-order chi connectivity index (χ1) is 60.3. The molecule has 680 valence electrons. The lowest BCUT2D eigenvalue weighted by Gasteiger charge is -2.38. The molecule has 124 heavy (non-hydrogen) atoms. The summed E-state index contributed by atoms with van der Waals surface area (Å²) in [5, 5.41) is 54.1. The van der Waals surface area contributed by atoms with Crippen LogP contribution in [-0.4, -0.2) is 312 Å². The first-order valence-corrected chi connectivity index (χ1v) is 42.3. The Morgan fingerprint density at radius 3 is 1.65 bits per heavy atom. The minimum atomic E-state index is -1.99. The molecular formula is C89H124N9O26+. The number of hydrogen-bond acceptors (Lipinski definition) is 28. The fourth-order valence-corrected chi connectivity index (χ4v) is 14.1. The molecule has 9 rings (SSSR count). The van der Waals surface area contributed by atoms with Gasteiger partial charge >= 0.3 is 18.0 Å². The Morgan fingerprint density at radius 2 is 1.10 bits per heavy atom. The number of aliphatic hydroxyl groups excluding tert-OH is 3. The molecule has 1 aliphatic heterocycles. The van der Waals surface area contributed by atoms with Crippen molar-refractivity contribution < 1.29 is 129 Å². The number of carbonyl (C=O) groups excluding carboxylic acids is 5. The fourth-order valence-electron chi connectivity index (χ4n) is 14.1. The summed E-state index contributed by atoms with van der Waals surface area (Å²) in [6, 6.07) is 33.0. The van der Waals surface area contributed by atoms with Crippen molar-refractivity contribution in [1.82, 2.24) is 30.5 Å². The molecule has 3 heterocycles. The van der Waals surface area contributed by atoms with Crippen LogP contribution in [0.3, 0.4) is 0 Å². The average molecular weight is 1740 g/mol. The summed E-state index contributed by atoms with van der Waals surface area (Å²) in [5.41, 5.74) is 15.7. The van der Waals surface area contributed by atoms with Crippen molar-refractivity contribution in [3.05, 3.63) is 148 Å². The van der Waals surface area contributed by atoms with E-state index in [0.29, 0.717) is 204 Å². The summed E-state index contributed by atoms with van der Waals surface area (Å²) >= 11 is 0. The number of aromatic nitrogens is 3. The Morgan fingerprint density at radius 1 is 0.565 bits per heavy atom. The summed E-state index contributed by atoms with van der Waals surface area (Å²) < 4.78 is 90.5. The van der Waals surface area contributed by atoms with Gasteiger partial charge in [0.25, 0.3) is 0 Å². The van der Waals surface area contributed by atoms with Crippen molar-refractivity contribution in [2.45, 2.75) is 121 Å². The lowest BCUT2D eigenvalue weighted by atomic mass is 9.98. The van der Waals surface area contributed by atoms with E-state index in [1.165, 1.54) is 13.2 Å². The van der Waals surface area contributed by atoms with Crippen LogP contribution in [0.15, 0.2) is 109 Å². The molecule has 0 unspecified atom stereocenters. The van der Waals surface area contributed by atoms with Gasteiger partial charge in [0.2, 0.25) is 24.0 Å². The molecule has 5 aromatic carbocycles. The Kier molecular flexibility index (Phi) is 42.6. The maximum atomic E-state index is 14.2. The van der Waals surface area contributed by atoms with Crippen LogP contribution in [0, 0.1) is 0 Å². The number of nitrogens with zero attached hydrogens (tertiary/aromatic N) is 4. The smallest absolute Gasteiger partial charge is 0.407 e. The quantitative estimate of drug-likeness (QED) is 0.0115. The maximum absolute atomic E-state index is 14.2. The molecule has 2 aromatic heterocycles. The molecule has 2 aliphatic rings. The van der Waals surface area contributed by atoms with Gasteiger partial charge in [-0.05, 0) is 89.9 Å². The van der Waals surface area contributed by atoms with Crippen molar-refractivity contribution in [2.24, 2.45) is 0 Å². The van der Waals surface area contributed by atoms with E-state index in [2.05, 4.69) is 62.0 Å². The standard InChI is InChI=1S/C89H123N9O26/c1-6-7-19-75-96-78-79(69-26-25-64(87(107)110-5)56-72(69)94-84(78)90)97(75)57-61-20-22-62(23-21-61)58-98(2,3)59-63-24-27-74(123-88-82(103)80(101)81(102)83(124-88)86(105)106)73(55-63)93-77(100)28-31-92-85(104)71(95-89(108)122-60-70-67-16-10-8-14-65(67)66-15-9-11-17-68(66)70)18-12-13-30-91-76(99)29-32-111-35-36-113-39-40-115-43-44-117-47-48-119-51-52-121-54-53-120-50-49-118-46-45-116-42-41-114-38-37-112-34-33-109-4/h8-11,14-17,20-27,55-56,70-71,80-83,88,101-103H,6-7,12-13,18-19,28-54,57-60H2,1-5H3,(H6-,90,91,92,93,94,95,99,100,104,105,106,108)/p+1/t71-,80-,81-,82+,83-,88+/m0/s1. The number of rotatable bonds is 62. The molecule has 0 saturated carbocycles. The number of pyridine rings is 1. The molecule has 4 amide bonds. The molecule has 0 radical (unpaired) electrons. The van der Waals surface area contributed by atoms with E-state index >= 15 is 0 Å². The maximum Gasteiger partial charge on any atom is 0.407 e. The summed E-state index contributed by atoms with van der Waals surface area (Å²) in [6.45, 7) is 13.5. The third-order valence-electron chi connectivity index (χ3n) is 20.4. The molecule has 35 heteroatoms. The zero-order valence-electron chi connectivity index (χ0n) is 71.7. The van der Waals surface area contributed by atoms with Gasteiger partial charge in [-0.25, -0.2) is 24.4 Å². The predicted molar refractivity (Wildman–Crippen MR) is 456 cm³/mol. The monoisotopic (exact) mass is 1730 g/mol. The fraction of sp³-hybridized carbons (Fsp3) is 0.551. The van der Waals surface area contributed by atoms with E-state index in [9.17, 15) is 49.2 Å². The van der Waals surface area contributed by atoms with Crippen molar-refractivity contribution in [3.8, 4) is 16.9 Å². The second-order valence-corrected chi connectivity index (χ2v) is 30.3. The third-order valence-corrected chi connectivity index (χ3v) is 20.4. The summed E-state index contributed by atoms with van der Waals surface area (Å²) in [4.78, 5) is 89.1.